The summed E-state index contributed by atoms with van der Waals surface area (Å²) >= 11 is 0. The molecule has 1 unspecified atom stereocenters. The molecule has 0 amide bonds. The molecule has 1 aliphatic carbocycles. The Labute approximate surface area is 108 Å². The van der Waals surface area contributed by atoms with E-state index < -0.39 is 0 Å². The summed E-state index contributed by atoms with van der Waals surface area (Å²) in [5, 5.41) is 3.68. The molecule has 0 saturated heterocycles. The van der Waals surface area contributed by atoms with Gasteiger partial charge in [-0.1, -0.05) is 30.3 Å². The van der Waals surface area contributed by atoms with Crippen LogP contribution in [0.25, 0.3) is 0 Å². The lowest BCUT2D eigenvalue weighted by Gasteiger charge is -2.18. The average molecular weight is 238 g/mol. The minimum Gasteiger partial charge on any atom is -0.305 e. The Hall–Kier alpha value is -1.67. The smallest absolute Gasteiger partial charge is 0.0570 e. The topological polar surface area (TPSA) is 24.9 Å². The van der Waals surface area contributed by atoms with Gasteiger partial charge in [-0.3, -0.25) is 4.98 Å². The fraction of sp³-hybridized carbons (Fsp3) is 0.312. The van der Waals surface area contributed by atoms with Crippen LogP contribution in [0.5, 0.6) is 0 Å². The fourth-order valence-electron chi connectivity index (χ4n) is 2.75. The molecule has 92 valence electrons. The zero-order chi connectivity index (χ0) is 12.4. The molecule has 1 N–H and O–H groups in total. The highest BCUT2D eigenvalue weighted by atomic mass is 15.0. The average Bonchev–Trinajstić information content (AvgIpc) is 2.82. The number of fused-ring (bicyclic) bond motifs is 1. The lowest BCUT2D eigenvalue weighted by Crippen LogP contribution is -2.32. The molecule has 0 bridgehead atoms. The van der Waals surface area contributed by atoms with E-state index in [0.717, 1.165) is 18.5 Å². The van der Waals surface area contributed by atoms with E-state index in [4.69, 9.17) is 0 Å². The molecule has 1 atom stereocenters. The summed E-state index contributed by atoms with van der Waals surface area (Å²) in [6, 6.07) is 15.7. The first kappa shape index (κ1) is 11.4. The highest BCUT2D eigenvalue weighted by Crippen LogP contribution is 2.23. The molecule has 1 aromatic heterocycles. The maximum Gasteiger partial charge on any atom is 0.0570 e. The molecule has 0 radical (unpaired) electrons. The molecule has 1 aliphatic rings. The van der Waals surface area contributed by atoms with Crippen LogP contribution in [-0.4, -0.2) is 11.0 Å². The molecular weight excluding hydrogens is 220 g/mol. The van der Waals surface area contributed by atoms with Crippen LogP contribution in [0.3, 0.4) is 0 Å². The summed E-state index contributed by atoms with van der Waals surface area (Å²) in [4.78, 5) is 4.41. The van der Waals surface area contributed by atoms with Crippen LogP contribution in [0, 0.1) is 0 Å². The predicted octanol–water partition coefficient (Wildman–Crippen LogP) is 2.90. The maximum atomic E-state index is 4.41. The van der Waals surface area contributed by atoms with Crippen molar-refractivity contribution in [3.8, 4) is 0 Å². The van der Waals surface area contributed by atoms with Gasteiger partial charge in [0.05, 0.1) is 5.69 Å². The summed E-state index contributed by atoms with van der Waals surface area (Å²) in [6.45, 7) is 2.19. The summed E-state index contributed by atoms with van der Waals surface area (Å²) in [6.07, 6.45) is 4.12. The molecule has 2 aromatic rings. The van der Waals surface area contributed by atoms with Gasteiger partial charge >= 0.3 is 0 Å². The molecule has 1 heterocycles. The lowest BCUT2D eigenvalue weighted by atomic mass is 10.1. The van der Waals surface area contributed by atoms with Crippen molar-refractivity contribution in [3.63, 3.8) is 0 Å². The van der Waals surface area contributed by atoms with E-state index >= 15 is 0 Å². The Morgan fingerprint density at radius 3 is 2.33 bits per heavy atom. The van der Waals surface area contributed by atoms with Gasteiger partial charge < -0.3 is 5.32 Å². The van der Waals surface area contributed by atoms with Gasteiger partial charge in [0.2, 0.25) is 0 Å². The van der Waals surface area contributed by atoms with Crippen LogP contribution >= 0.6 is 0 Å². The van der Waals surface area contributed by atoms with Crippen molar-refractivity contribution in [2.45, 2.75) is 31.8 Å². The molecule has 0 saturated carbocycles. The van der Waals surface area contributed by atoms with E-state index in [1.807, 2.05) is 18.3 Å². The minimum atomic E-state index is 0.311. The van der Waals surface area contributed by atoms with Gasteiger partial charge in [-0.25, -0.2) is 0 Å². The van der Waals surface area contributed by atoms with Crippen molar-refractivity contribution in [1.82, 2.24) is 10.3 Å². The van der Waals surface area contributed by atoms with Crippen LogP contribution in [0.15, 0.2) is 48.7 Å². The Bertz CT molecular complexity index is 497. The first-order chi connectivity index (χ1) is 8.83. The van der Waals surface area contributed by atoms with Crippen molar-refractivity contribution in [2.24, 2.45) is 0 Å². The van der Waals surface area contributed by atoms with Crippen molar-refractivity contribution in [1.29, 1.82) is 0 Å². The van der Waals surface area contributed by atoms with Gasteiger partial charge in [-0.2, -0.15) is 0 Å². The molecule has 3 rings (SSSR count). The third kappa shape index (κ3) is 2.29. The van der Waals surface area contributed by atoms with Crippen molar-refractivity contribution < 1.29 is 0 Å². The fourth-order valence-corrected chi connectivity index (χ4v) is 2.75. The SMILES string of the molecule is CC(NC1Cc2ccccc2C1)c1ccccn1. The minimum absolute atomic E-state index is 0.311. The van der Waals surface area contributed by atoms with Gasteiger partial charge in [0.1, 0.15) is 0 Å². The summed E-state index contributed by atoms with van der Waals surface area (Å²) < 4.78 is 0. The van der Waals surface area contributed by atoms with Crippen molar-refractivity contribution in [3.05, 3.63) is 65.5 Å². The molecule has 0 fully saturated rings. The van der Waals surface area contributed by atoms with E-state index in [-0.39, 0.29) is 0 Å². The number of aromatic nitrogens is 1. The third-order valence-electron chi connectivity index (χ3n) is 3.67. The van der Waals surface area contributed by atoms with Crippen molar-refractivity contribution >= 4 is 0 Å². The molecule has 1 aromatic carbocycles. The highest BCUT2D eigenvalue weighted by molar-refractivity contribution is 5.33. The van der Waals surface area contributed by atoms with E-state index in [1.165, 1.54) is 11.1 Å². The van der Waals surface area contributed by atoms with Crippen LogP contribution in [0.1, 0.15) is 29.8 Å². The van der Waals surface area contributed by atoms with Gasteiger partial charge in [0.15, 0.2) is 0 Å². The van der Waals surface area contributed by atoms with Gasteiger partial charge in [-0.15, -0.1) is 0 Å². The molecule has 0 spiro atoms. The molecule has 0 aliphatic heterocycles. The van der Waals surface area contributed by atoms with E-state index in [0.29, 0.717) is 12.1 Å². The van der Waals surface area contributed by atoms with Gasteiger partial charge in [0, 0.05) is 18.3 Å². The number of nitrogens with one attached hydrogen (secondary N) is 1. The molecule has 2 nitrogen and oxygen atoms in total. The molecular formula is C16H18N2. The van der Waals surface area contributed by atoms with Crippen molar-refractivity contribution in [2.75, 3.05) is 0 Å². The number of hydrogen-bond acceptors (Lipinski definition) is 2. The Morgan fingerprint density at radius 2 is 1.72 bits per heavy atom. The monoisotopic (exact) mass is 238 g/mol. The Balaban J connectivity index is 1.66. The first-order valence-corrected chi connectivity index (χ1v) is 6.56. The number of nitrogens with zero attached hydrogens (tertiary/aromatic N) is 1. The highest BCUT2D eigenvalue weighted by Gasteiger charge is 2.22. The number of rotatable bonds is 3. The Kier molecular flexibility index (Phi) is 3.11. The van der Waals surface area contributed by atoms with Crippen LogP contribution < -0.4 is 5.32 Å². The van der Waals surface area contributed by atoms with E-state index in [2.05, 4.69) is 47.6 Å². The van der Waals surface area contributed by atoms with Gasteiger partial charge in [0.25, 0.3) is 0 Å². The second-order valence-corrected chi connectivity index (χ2v) is 5.02. The van der Waals surface area contributed by atoms with Crippen LogP contribution in [0.4, 0.5) is 0 Å². The van der Waals surface area contributed by atoms with Gasteiger partial charge in [-0.05, 0) is 43.0 Å². The Morgan fingerprint density at radius 1 is 1.06 bits per heavy atom. The van der Waals surface area contributed by atoms with Crippen LogP contribution in [-0.2, 0) is 12.8 Å². The molecule has 2 heteroatoms. The number of benzene rings is 1. The van der Waals surface area contributed by atoms with E-state index in [1.54, 1.807) is 0 Å². The number of hydrogen-bond donors (Lipinski definition) is 1. The summed E-state index contributed by atoms with van der Waals surface area (Å²) in [5.41, 5.74) is 4.10. The summed E-state index contributed by atoms with van der Waals surface area (Å²) in [5.74, 6) is 0. The largest absolute Gasteiger partial charge is 0.305 e. The standard InChI is InChI=1S/C16H18N2/c1-12(16-8-4-5-9-17-16)18-15-10-13-6-2-3-7-14(13)11-15/h2-9,12,15,18H,10-11H2,1H3. The second kappa shape index (κ2) is 4.91. The normalized spacial score (nSPS) is 16.5. The quantitative estimate of drug-likeness (QED) is 0.889. The lowest BCUT2D eigenvalue weighted by molar-refractivity contribution is 0.461. The molecule has 18 heavy (non-hydrogen) atoms. The zero-order valence-electron chi connectivity index (χ0n) is 10.6. The maximum absolute atomic E-state index is 4.41. The zero-order valence-corrected chi connectivity index (χ0v) is 10.6. The first-order valence-electron chi connectivity index (χ1n) is 6.56. The summed E-state index contributed by atoms with van der Waals surface area (Å²) in [7, 11) is 0. The van der Waals surface area contributed by atoms with E-state index in [9.17, 15) is 0 Å². The third-order valence-corrected chi connectivity index (χ3v) is 3.67. The second-order valence-electron chi connectivity index (χ2n) is 5.02. The number of pyridine rings is 1. The van der Waals surface area contributed by atoms with Crippen LogP contribution in [0.2, 0.25) is 0 Å². The predicted molar refractivity (Wildman–Crippen MR) is 73.4 cm³/mol.